The number of aromatic nitrogens is 1. The van der Waals surface area contributed by atoms with Gasteiger partial charge in [0.15, 0.2) is 0 Å². The highest BCUT2D eigenvalue weighted by Gasteiger charge is 2.27. The van der Waals surface area contributed by atoms with Crippen LogP contribution in [0.1, 0.15) is 30.4 Å². The Bertz CT molecular complexity index is 849. The number of likely N-dealkylation sites (tertiary alicyclic amines) is 1. The summed E-state index contributed by atoms with van der Waals surface area (Å²) in [5, 5.41) is 1.05. The van der Waals surface area contributed by atoms with Crippen molar-refractivity contribution in [3.63, 3.8) is 0 Å². The molecule has 0 saturated carbocycles. The fraction of sp³-hybridized carbons (Fsp3) is 0.421. The third kappa shape index (κ3) is 3.16. The molecule has 2 aromatic rings. The molecule has 2 amide bonds. The number of nitrogens with zero attached hydrogens (tertiary/aromatic N) is 3. The number of carbonyl (C=O) groups is 2. The zero-order valence-electron chi connectivity index (χ0n) is 14.3. The second-order valence-electron chi connectivity index (χ2n) is 6.78. The molecule has 4 rings (SSSR count). The molecule has 130 valence electrons. The standard InChI is InChI=1S/C19H21N3O3/c1-13-5-6-16-14(10-13)11-15-12-22(19(24)25-18(15)20-16)9-3-8-21-7-2-4-17(21)23/h5-6,10-11H,2-4,7-9,12H2,1H3. The molecular formula is C19H21N3O3. The number of carbonyl (C=O) groups excluding carboxylic acids is 2. The number of benzene rings is 1. The number of hydrogen-bond donors (Lipinski definition) is 0. The first kappa shape index (κ1) is 15.9. The summed E-state index contributed by atoms with van der Waals surface area (Å²) in [5.41, 5.74) is 2.93. The number of aryl methyl sites for hydroxylation is 1. The van der Waals surface area contributed by atoms with Crippen LogP contribution in [-0.2, 0) is 11.3 Å². The monoisotopic (exact) mass is 339 g/mol. The minimum atomic E-state index is -0.362. The molecule has 1 fully saturated rings. The van der Waals surface area contributed by atoms with Crippen LogP contribution < -0.4 is 4.74 Å². The average Bonchev–Trinajstić information content (AvgIpc) is 2.99. The fourth-order valence-corrected chi connectivity index (χ4v) is 3.50. The lowest BCUT2D eigenvalue weighted by Crippen LogP contribution is -2.39. The average molecular weight is 339 g/mol. The summed E-state index contributed by atoms with van der Waals surface area (Å²) in [6.07, 6.45) is 1.99. The van der Waals surface area contributed by atoms with Gasteiger partial charge in [-0.3, -0.25) is 4.79 Å². The third-order valence-electron chi connectivity index (χ3n) is 4.84. The summed E-state index contributed by atoms with van der Waals surface area (Å²) in [6.45, 7) is 4.66. The largest absolute Gasteiger partial charge is 0.416 e. The van der Waals surface area contributed by atoms with E-state index in [2.05, 4.69) is 11.1 Å². The van der Waals surface area contributed by atoms with Crippen LogP contribution in [0.5, 0.6) is 5.88 Å². The summed E-state index contributed by atoms with van der Waals surface area (Å²) < 4.78 is 5.42. The molecule has 1 aromatic carbocycles. The Kier molecular flexibility index (Phi) is 4.03. The van der Waals surface area contributed by atoms with E-state index >= 15 is 0 Å². The molecule has 0 N–H and O–H groups in total. The minimum absolute atomic E-state index is 0.220. The van der Waals surface area contributed by atoms with Crippen LogP contribution in [0.25, 0.3) is 10.9 Å². The molecule has 0 radical (unpaired) electrons. The number of rotatable bonds is 4. The molecule has 1 saturated heterocycles. The Morgan fingerprint density at radius 2 is 2.00 bits per heavy atom. The van der Waals surface area contributed by atoms with Crippen LogP contribution in [0.15, 0.2) is 24.3 Å². The van der Waals surface area contributed by atoms with E-state index in [4.69, 9.17) is 4.74 Å². The highest BCUT2D eigenvalue weighted by Crippen LogP contribution is 2.28. The molecule has 2 aliphatic rings. The van der Waals surface area contributed by atoms with E-state index < -0.39 is 0 Å². The van der Waals surface area contributed by atoms with E-state index in [1.54, 1.807) is 4.90 Å². The lowest BCUT2D eigenvalue weighted by molar-refractivity contribution is -0.127. The Hall–Kier alpha value is -2.63. The molecule has 0 atom stereocenters. The highest BCUT2D eigenvalue weighted by atomic mass is 16.6. The molecule has 0 aliphatic carbocycles. The van der Waals surface area contributed by atoms with E-state index in [-0.39, 0.29) is 12.0 Å². The molecule has 25 heavy (non-hydrogen) atoms. The number of amides is 2. The molecule has 0 spiro atoms. The predicted octanol–water partition coefficient (Wildman–Crippen LogP) is 2.87. The second kappa shape index (κ2) is 6.35. The van der Waals surface area contributed by atoms with Gasteiger partial charge in [0.25, 0.3) is 0 Å². The number of pyridine rings is 1. The second-order valence-corrected chi connectivity index (χ2v) is 6.78. The van der Waals surface area contributed by atoms with Crippen molar-refractivity contribution in [2.45, 2.75) is 32.7 Å². The predicted molar refractivity (Wildman–Crippen MR) is 93.3 cm³/mol. The van der Waals surface area contributed by atoms with Gasteiger partial charge in [0.05, 0.1) is 12.1 Å². The Balaban J connectivity index is 1.46. The SMILES string of the molecule is Cc1ccc2nc3c(cc2c1)CN(CCCN1CCCC1=O)C(=O)O3. The van der Waals surface area contributed by atoms with Crippen molar-refractivity contribution in [2.24, 2.45) is 0 Å². The van der Waals surface area contributed by atoms with Crippen molar-refractivity contribution < 1.29 is 14.3 Å². The van der Waals surface area contributed by atoms with E-state index in [0.717, 1.165) is 35.9 Å². The summed E-state index contributed by atoms with van der Waals surface area (Å²) in [4.78, 5) is 31.9. The van der Waals surface area contributed by atoms with Crippen LogP contribution in [0.4, 0.5) is 4.79 Å². The quantitative estimate of drug-likeness (QED) is 0.859. The lowest BCUT2D eigenvalue weighted by atomic mass is 10.1. The Morgan fingerprint density at radius 3 is 2.80 bits per heavy atom. The van der Waals surface area contributed by atoms with E-state index in [9.17, 15) is 9.59 Å². The van der Waals surface area contributed by atoms with Crippen molar-refractivity contribution in [2.75, 3.05) is 19.6 Å². The van der Waals surface area contributed by atoms with Gasteiger partial charge in [-0.2, -0.15) is 0 Å². The summed E-state index contributed by atoms with van der Waals surface area (Å²) in [6, 6.07) is 8.08. The van der Waals surface area contributed by atoms with Crippen molar-refractivity contribution >= 4 is 22.9 Å². The Labute approximate surface area is 146 Å². The normalized spacial score (nSPS) is 17.2. The van der Waals surface area contributed by atoms with Gasteiger partial charge in [-0.25, -0.2) is 9.78 Å². The molecule has 2 aliphatic heterocycles. The van der Waals surface area contributed by atoms with Crippen molar-refractivity contribution in [3.8, 4) is 5.88 Å². The molecule has 6 heteroatoms. The molecular weight excluding hydrogens is 318 g/mol. The molecule has 0 bridgehead atoms. The maximum Gasteiger partial charge on any atom is 0.416 e. The molecule has 3 heterocycles. The van der Waals surface area contributed by atoms with Crippen molar-refractivity contribution in [1.82, 2.24) is 14.8 Å². The van der Waals surface area contributed by atoms with E-state index in [0.29, 0.717) is 31.9 Å². The van der Waals surface area contributed by atoms with Gasteiger partial charge in [-0.05, 0) is 38.0 Å². The van der Waals surface area contributed by atoms with Crippen LogP contribution in [0.2, 0.25) is 0 Å². The highest BCUT2D eigenvalue weighted by molar-refractivity contribution is 5.83. The fourth-order valence-electron chi connectivity index (χ4n) is 3.50. The minimum Gasteiger partial charge on any atom is -0.391 e. The van der Waals surface area contributed by atoms with Gasteiger partial charge in [0, 0.05) is 37.0 Å². The van der Waals surface area contributed by atoms with Gasteiger partial charge in [-0.15, -0.1) is 0 Å². The molecule has 0 unspecified atom stereocenters. The van der Waals surface area contributed by atoms with Crippen LogP contribution in [0.3, 0.4) is 0 Å². The molecule has 1 aromatic heterocycles. The zero-order valence-corrected chi connectivity index (χ0v) is 14.3. The first-order valence-electron chi connectivity index (χ1n) is 8.75. The lowest BCUT2D eigenvalue weighted by Gasteiger charge is -2.28. The Morgan fingerprint density at radius 1 is 1.16 bits per heavy atom. The smallest absolute Gasteiger partial charge is 0.391 e. The third-order valence-corrected chi connectivity index (χ3v) is 4.84. The first-order chi connectivity index (χ1) is 12.1. The number of fused-ring (bicyclic) bond motifs is 2. The van der Waals surface area contributed by atoms with Crippen LogP contribution in [-0.4, -0.2) is 46.4 Å². The maximum atomic E-state index is 12.2. The van der Waals surface area contributed by atoms with Crippen LogP contribution in [0, 0.1) is 6.92 Å². The number of ether oxygens (including phenoxy) is 1. The van der Waals surface area contributed by atoms with Crippen molar-refractivity contribution in [3.05, 3.63) is 35.4 Å². The van der Waals surface area contributed by atoms with Gasteiger partial charge >= 0.3 is 6.09 Å². The van der Waals surface area contributed by atoms with E-state index in [1.807, 2.05) is 30.0 Å². The summed E-state index contributed by atoms with van der Waals surface area (Å²) in [5.74, 6) is 0.630. The zero-order chi connectivity index (χ0) is 17.4. The van der Waals surface area contributed by atoms with Gasteiger partial charge in [0.2, 0.25) is 11.8 Å². The van der Waals surface area contributed by atoms with E-state index in [1.165, 1.54) is 5.56 Å². The maximum absolute atomic E-state index is 12.2. The summed E-state index contributed by atoms with van der Waals surface area (Å²) in [7, 11) is 0. The van der Waals surface area contributed by atoms with Gasteiger partial charge in [0.1, 0.15) is 0 Å². The van der Waals surface area contributed by atoms with Crippen LogP contribution >= 0.6 is 0 Å². The number of hydrogen-bond acceptors (Lipinski definition) is 4. The first-order valence-corrected chi connectivity index (χ1v) is 8.75. The van der Waals surface area contributed by atoms with Gasteiger partial charge < -0.3 is 14.5 Å². The van der Waals surface area contributed by atoms with Crippen molar-refractivity contribution in [1.29, 1.82) is 0 Å². The topological polar surface area (TPSA) is 62.7 Å². The molecule has 6 nitrogen and oxygen atoms in total. The summed E-state index contributed by atoms with van der Waals surface area (Å²) >= 11 is 0. The van der Waals surface area contributed by atoms with Gasteiger partial charge in [-0.1, -0.05) is 11.6 Å².